The summed E-state index contributed by atoms with van der Waals surface area (Å²) in [5.74, 6) is 2.41. The van der Waals surface area contributed by atoms with Crippen molar-refractivity contribution >= 4 is 12.6 Å². The SMILES string of the molecule is C#Cc1c(O)cncc1B1OC(C)(C)C(C)(C)O1. The van der Waals surface area contributed by atoms with E-state index in [2.05, 4.69) is 10.9 Å². The van der Waals surface area contributed by atoms with E-state index in [4.69, 9.17) is 15.7 Å². The van der Waals surface area contributed by atoms with E-state index >= 15 is 0 Å². The minimum Gasteiger partial charge on any atom is -0.505 e. The van der Waals surface area contributed by atoms with Crippen LogP contribution in [0.2, 0.25) is 0 Å². The average molecular weight is 245 g/mol. The first kappa shape index (κ1) is 12.9. The third kappa shape index (κ3) is 1.88. The minimum absolute atomic E-state index is 0.0373. The van der Waals surface area contributed by atoms with Crippen molar-refractivity contribution < 1.29 is 14.4 Å². The molecule has 0 saturated carbocycles. The van der Waals surface area contributed by atoms with Crippen LogP contribution in [0.5, 0.6) is 5.75 Å². The Hall–Kier alpha value is -1.51. The number of nitrogens with zero attached hydrogens (tertiary/aromatic N) is 1. The molecule has 2 rings (SSSR count). The summed E-state index contributed by atoms with van der Waals surface area (Å²) in [5, 5.41) is 9.70. The minimum atomic E-state index is -0.611. The molecule has 18 heavy (non-hydrogen) atoms. The second-order valence-corrected chi connectivity index (χ2v) is 5.36. The summed E-state index contributed by atoms with van der Waals surface area (Å²) in [6.07, 6.45) is 8.28. The van der Waals surface area contributed by atoms with Crippen LogP contribution in [0.4, 0.5) is 0 Å². The molecule has 1 aliphatic heterocycles. The maximum Gasteiger partial charge on any atom is 0.497 e. The number of aromatic hydroxyl groups is 1. The lowest BCUT2D eigenvalue weighted by atomic mass is 9.77. The van der Waals surface area contributed by atoms with Gasteiger partial charge in [0.2, 0.25) is 0 Å². The van der Waals surface area contributed by atoms with Crippen LogP contribution in [-0.2, 0) is 9.31 Å². The smallest absolute Gasteiger partial charge is 0.497 e. The van der Waals surface area contributed by atoms with Gasteiger partial charge >= 0.3 is 7.12 Å². The van der Waals surface area contributed by atoms with Crippen LogP contribution in [0, 0.1) is 12.3 Å². The highest BCUT2D eigenvalue weighted by Gasteiger charge is 2.52. The van der Waals surface area contributed by atoms with Crippen molar-refractivity contribution in [2.75, 3.05) is 0 Å². The largest absolute Gasteiger partial charge is 0.505 e. The topological polar surface area (TPSA) is 51.6 Å². The highest BCUT2D eigenvalue weighted by molar-refractivity contribution is 6.62. The second-order valence-electron chi connectivity index (χ2n) is 5.36. The van der Waals surface area contributed by atoms with Gasteiger partial charge in [0.15, 0.2) is 0 Å². The number of hydrogen-bond acceptors (Lipinski definition) is 4. The van der Waals surface area contributed by atoms with E-state index in [1.54, 1.807) is 6.20 Å². The summed E-state index contributed by atoms with van der Waals surface area (Å²) in [4.78, 5) is 3.93. The van der Waals surface area contributed by atoms with E-state index in [-0.39, 0.29) is 5.75 Å². The Labute approximate surface area is 107 Å². The molecule has 2 heterocycles. The summed E-state index contributed by atoms with van der Waals surface area (Å²) in [6, 6.07) is 0. The number of aromatic nitrogens is 1. The Kier molecular flexibility index (Phi) is 2.88. The second kappa shape index (κ2) is 4.01. The van der Waals surface area contributed by atoms with Crippen LogP contribution in [-0.4, -0.2) is 28.4 Å². The molecular formula is C13H16BNO3. The van der Waals surface area contributed by atoms with Gasteiger partial charge in [-0.25, -0.2) is 0 Å². The van der Waals surface area contributed by atoms with Gasteiger partial charge < -0.3 is 14.4 Å². The zero-order valence-corrected chi connectivity index (χ0v) is 11.0. The van der Waals surface area contributed by atoms with Crippen LogP contribution >= 0.6 is 0 Å². The summed E-state index contributed by atoms with van der Waals surface area (Å²) in [6.45, 7) is 7.83. The van der Waals surface area contributed by atoms with Gasteiger partial charge in [0, 0.05) is 11.7 Å². The van der Waals surface area contributed by atoms with Gasteiger partial charge in [0.05, 0.1) is 23.0 Å². The van der Waals surface area contributed by atoms with Gasteiger partial charge in [-0.3, -0.25) is 4.98 Å². The molecule has 0 atom stereocenters. The molecule has 0 spiro atoms. The third-order valence-electron chi connectivity index (χ3n) is 3.61. The van der Waals surface area contributed by atoms with Crippen molar-refractivity contribution in [1.82, 2.24) is 4.98 Å². The van der Waals surface area contributed by atoms with Gasteiger partial charge in [-0.1, -0.05) is 5.92 Å². The van der Waals surface area contributed by atoms with Gasteiger partial charge in [0.25, 0.3) is 0 Å². The number of terminal acetylenes is 1. The number of rotatable bonds is 1. The first-order valence-electron chi connectivity index (χ1n) is 5.77. The van der Waals surface area contributed by atoms with Crippen molar-refractivity contribution in [2.45, 2.75) is 38.9 Å². The zero-order chi connectivity index (χ0) is 13.6. The molecule has 5 heteroatoms. The van der Waals surface area contributed by atoms with E-state index < -0.39 is 18.3 Å². The normalized spacial score (nSPS) is 20.7. The highest BCUT2D eigenvalue weighted by atomic mass is 16.7. The van der Waals surface area contributed by atoms with Crippen molar-refractivity contribution in [3.63, 3.8) is 0 Å². The number of pyridine rings is 1. The molecule has 0 unspecified atom stereocenters. The lowest BCUT2D eigenvalue weighted by Gasteiger charge is -2.32. The lowest BCUT2D eigenvalue weighted by molar-refractivity contribution is 0.00578. The molecule has 1 aromatic heterocycles. The molecule has 1 N–H and O–H groups in total. The standard InChI is InChI=1S/C13H16BNO3/c1-6-9-10(7-15-8-11(9)16)14-17-12(2,3)13(4,5)18-14/h1,7-8,16H,2-5H3. The van der Waals surface area contributed by atoms with Crippen LogP contribution < -0.4 is 5.46 Å². The van der Waals surface area contributed by atoms with Crippen LogP contribution in [0.3, 0.4) is 0 Å². The molecule has 1 fully saturated rings. The van der Waals surface area contributed by atoms with Gasteiger partial charge in [0.1, 0.15) is 5.75 Å². The molecule has 1 aliphatic rings. The van der Waals surface area contributed by atoms with E-state index in [1.807, 2.05) is 27.7 Å². The van der Waals surface area contributed by atoms with E-state index in [1.165, 1.54) is 6.20 Å². The maximum absolute atomic E-state index is 9.70. The fourth-order valence-corrected chi connectivity index (χ4v) is 1.77. The Morgan fingerprint density at radius 3 is 2.28 bits per heavy atom. The Balaban J connectivity index is 2.42. The highest BCUT2D eigenvalue weighted by Crippen LogP contribution is 2.36. The Bertz CT molecular complexity index is 503. The van der Waals surface area contributed by atoms with Crippen molar-refractivity contribution in [3.05, 3.63) is 18.0 Å². The number of hydrogen-bond donors (Lipinski definition) is 1. The lowest BCUT2D eigenvalue weighted by Crippen LogP contribution is -2.41. The summed E-state index contributed by atoms with van der Waals surface area (Å²) in [7, 11) is -0.611. The average Bonchev–Trinajstić information content (AvgIpc) is 2.47. The quantitative estimate of drug-likeness (QED) is 0.594. The Morgan fingerprint density at radius 1 is 1.22 bits per heavy atom. The molecule has 1 saturated heterocycles. The Morgan fingerprint density at radius 2 is 1.78 bits per heavy atom. The van der Waals surface area contributed by atoms with E-state index in [0.717, 1.165) is 0 Å². The predicted octanol–water partition coefficient (Wildman–Crippen LogP) is 1.07. The fourth-order valence-electron chi connectivity index (χ4n) is 1.77. The van der Waals surface area contributed by atoms with Gasteiger partial charge in [-0.2, -0.15) is 0 Å². The summed E-state index contributed by atoms with van der Waals surface area (Å²) in [5.41, 5.74) is 0.0453. The third-order valence-corrected chi connectivity index (χ3v) is 3.61. The molecule has 0 aliphatic carbocycles. The molecule has 0 amide bonds. The van der Waals surface area contributed by atoms with E-state index in [9.17, 15) is 5.11 Å². The van der Waals surface area contributed by atoms with Crippen LogP contribution in [0.25, 0.3) is 0 Å². The summed E-state index contributed by atoms with van der Waals surface area (Å²) < 4.78 is 11.8. The first-order chi connectivity index (χ1) is 8.28. The molecule has 0 bridgehead atoms. The van der Waals surface area contributed by atoms with Gasteiger partial charge in [-0.05, 0) is 27.7 Å². The summed E-state index contributed by atoms with van der Waals surface area (Å²) >= 11 is 0. The predicted molar refractivity (Wildman–Crippen MR) is 69.6 cm³/mol. The molecule has 0 radical (unpaired) electrons. The van der Waals surface area contributed by atoms with Crippen molar-refractivity contribution in [3.8, 4) is 18.1 Å². The first-order valence-corrected chi connectivity index (χ1v) is 5.77. The van der Waals surface area contributed by atoms with Crippen LogP contribution in [0.1, 0.15) is 33.3 Å². The fraction of sp³-hybridized carbons (Fsp3) is 0.462. The van der Waals surface area contributed by atoms with Crippen molar-refractivity contribution in [2.24, 2.45) is 0 Å². The molecular weight excluding hydrogens is 229 g/mol. The molecule has 4 nitrogen and oxygen atoms in total. The molecule has 94 valence electrons. The van der Waals surface area contributed by atoms with Gasteiger partial charge in [-0.15, -0.1) is 6.42 Å². The zero-order valence-electron chi connectivity index (χ0n) is 11.0. The van der Waals surface area contributed by atoms with Crippen molar-refractivity contribution in [1.29, 1.82) is 0 Å². The van der Waals surface area contributed by atoms with E-state index in [0.29, 0.717) is 11.0 Å². The molecule has 1 aromatic rings. The van der Waals surface area contributed by atoms with Crippen LogP contribution in [0.15, 0.2) is 12.4 Å². The molecule has 0 aromatic carbocycles. The monoisotopic (exact) mass is 245 g/mol. The maximum atomic E-state index is 9.70.